The maximum Gasteiger partial charge on any atom is 0.294 e. The van der Waals surface area contributed by atoms with Crippen molar-refractivity contribution in [2.75, 3.05) is 51.1 Å². The van der Waals surface area contributed by atoms with E-state index >= 15 is 4.39 Å². The van der Waals surface area contributed by atoms with Crippen molar-refractivity contribution < 1.29 is 14.1 Å². The van der Waals surface area contributed by atoms with E-state index in [1.165, 1.54) is 12.1 Å². The van der Waals surface area contributed by atoms with Gasteiger partial charge in [-0.25, -0.2) is 19.3 Å². The molecule has 212 valence electrons. The lowest BCUT2D eigenvalue weighted by atomic mass is 10.1. The second kappa shape index (κ2) is 11.8. The SMILES string of the molecule is CCOc1cc(N(C)CCN(C)C)c([N+](=O)[O-])cc1Nc1nccc(-c2cc(F)c3nc(C)n(C(C)C)c3c2)n1. The highest BCUT2D eigenvalue weighted by Gasteiger charge is 2.23. The van der Waals surface area contributed by atoms with Crippen LogP contribution in [0.4, 0.5) is 27.4 Å². The smallest absolute Gasteiger partial charge is 0.294 e. The monoisotopic (exact) mass is 550 g/mol. The molecule has 0 spiro atoms. The van der Waals surface area contributed by atoms with Crippen LogP contribution in [0.25, 0.3) is 22.3 Å². The molecule has 0 fully saturated rings. The van der Waals surface area contributed by atoms with Crippen molar-refractivity contribution in [3.63, 3.8) is 0 Å². The van der Waals surface area contributed by atoms with Crippen LogP contribution in [0.1, 0.15) is 32.6 Å². The van der Waals surface area contributed by atoms with Gasteiger partial charge in [0.1, 0.15) is 22.8 Å². The molecule has 0 aliphatic heterocycles. The minimum Gasteiger partial charge on any atom is -0.492 e. The van der Waals surface area contributed by atoms with Gasteiger partial charge in [0, 0.05) is 50.1 Å². The molecule has 2 heterocycles. The molecule has 4 rings (SSSR count). The van der Waals surface area contributed by atoms with Crippen molar-refractivity contribution in [2.24, 2.45) is 0 Å². The molecule has 12 heteroatoms. The summed E-state index contributed by atoms with van der Waals surface area (Å²) in [5, 5.41) is 15.1. The highest BCUT2D eigenvalue weighted by atomic mass is 19.1. The molecule has 0 amide bonds. The van der Waals surface area contributed by atoms with Gasteiger partial charge in [-0.2, -0.15) is 0 Å². The van der Waals surface area contributed by atoms with Gasteiger partial charge in [-0.1, -0.05) is 0 Å². The van der Waals surface area contributed by atoms with Gasteiger partial charge < -0.3 is 24.4 Å². The molecule has 0 saturated carbocycles. The summed E-state index contributed by atoms with van der Waals surface area (Å²) in [6.45, 7) is 9.40. The Morgan fingerprint density at radius 2 is 1.90 bits per heavy atom. The topological polar surface area (TPSA) is 114 Å². The minimum atomic E-state index is -0.439. The Balaban J connectivity index is 1.73. The van der Waals surface area contributed by atoms with Crippen molar-refractivity contribution in [1.29, 1.82) is 0 Å². The number of aryl methyl sites for hydroxylation is 1. The number of aromatic nitrogens is 4. The van der Waals surface area contributed by atoms with Crippen molar-refractivity contribution in [3.8, 4) is 17.0 Å². The zero-order valence-corrected chi connectivity index (χ0v) is 23.9. The summed E-state index contributed by atoms with van der Waals surface area (Å²) in [6.07, 6.45) is 1.55. The number of ether oxygens (including phenoxy) is 1. The van der Waals surface area contributed by atoms with Crippen LogP contribution < -0.4 is 15.0 Å². The molecule has 0 unspecified atom stereocenters. The van der Waals surface area contributed by atoms with Crippen LogP contribution in [-0.2, 0) is 0 Å². The Morgan fingerprint density at radius 3 is 2.55 bits per heavy atom. The predicted octanol–water partition coefficient (Wildman–Crippen LogP) is 5.57. The Kier molecular flexibility index (Phi) is 8.48. The fourth-order valence-electron chi connectivity index (χ4n) is 4.62. The van der Waals surface area contributed by atoms with E-state index in [4.69, 9.17) is 4.74 Å². The molecule has 0 bridgehead atoms. The number of hydrogen-bond donors (Lipinski definition) is 1. The maximum absolute atomic E-state index is 15.1. The van der Waals surface area contributed by atoms with Gasteiger partial charge in [0.05, 0.1) is 28.4 Å². The number of fused-ring (bicyclic) bond motifs is 1. The molecule has 40 heavy (non-hydrogen) atoms. The number of hydrogen-bond acceptors (Lipinski definition) is 9. The molecule has 0 aliphatic carbocycles. The number of nitrogens with zero attached hydrogens (tertiary/aromatic N) is 7. The third kappa shape index (κ3) is 5.96. The maximum atomic E-state index is 15.1. The van der Waals surface area contributed by atoms with E-state index in [2.05, 4.69) is 20.3 Å². The molecule has 1 N–H and O–H groups in total. The van der Waals surface area contributed by atoms with Gasteiger partial charge >= 0.3 is 0 Å². The van der Waals surface area contributed by atoms with Crippen LogP contribution in [0.5, 0.6) is 5.75 Å². The van der Waals surface area contributed by atoms with E-state index in [9.17, 15) is 10.1 Å². The van der Waals surface area contributed by atoms with Crippen LogP contribution in [0.15, 0.2) is 36.5 Å². The molecule has 11 nitrogen and oxygen atoms in total. The fourth-order valence-corrected chi connectivity index (χ4v) is 4.62. The number of nitrogens with one attached hydrogen (secondary N) is 1. The molecular weight excluding hydrogens is 515 g/mol. The molecule has 0 radical (unpaired) electrons. The minimum absolute atomic E-state index is 0.0757. The zero-order chi connectivity index (χ0) is 29.1. The van der Waals surface area contributed by atoms with E-state index in [-0.39, 0.29) is 17.7 Å². The molecule has 2 aromatic heterocycles. The number of rotatable bonds is 11. The largest absolute Gasteiger partial charge is 0.492 e. The number of nitro groups is 1. The summed E-state index contributed by atoms with van der Waals surface area (Å²) >= 11 is 0. The van der Waals surface area contributed by atoms with Crippen LogP contribution in [0, 0.1) is 22.9 Å². The Labute approximate surface area is 232 Å². The van der Waals surface area contributed by atoms with Crippen LogP contribution in [0.2, 0.25) is 0 Å². The summed E-state index contributed by atoms with van der Waals surface area (Å²) in [4.78, 5) is 28.7. The standard InChI is InChI=1S/C28H35FN8O3/c1-8-40-26-16-23(35(7)12-11-34(5)6)24(37(38)39)15-22(26)33-28-30-10-9-21(32-28)19-13-20(29)27-25(14-19)36(17(2)3)18(4)31-27/h9-10,13-17H,8,11-12H2,1-7H3,(H,30,32,33). The van der Waals surface area contributed by atoms with Crippen molar-refractivity contribution in [2.45, 2.75) is 33.7 Å². The highest BCUT2D eigenvalue weighted by molar-refractivity contribution is 5.83. The van der Waals surface area contributed by atoms with E-state index in [0.717, 1.165) is 12.4 Å². The summed E-state index contributed by atoms with van der Waals surface area (Å²) in [6, 6.07) is 8.13. The van der Waals surface area contributed by atoms with Gasteiger partial charge in [-0.15, -0.1) is 0 Å². The number of benzene rings is 2. The van der Waals surface area contributed by atoms with E-state index in [1.807, 2.05) is 69.3 Å². The Bertz CT molecular complexity index is 1540. The summed E-state index contributed by atoms with van der Waals surface area (Å²) in [7, 11) is 5.70. The van der Waals surface area contributed by atoms with Gasteiger partial charge in [0.15, 0.2) is 5.82 Å². The number of anilines is 3. The van der Waals surface area contributed by atoms with Gasteiger partial charge in [-0.3, -0.25) is 10.1 Å². The second-order valence-electron chi connectivity index (χ2n) is 10.1. The van der Waals surface area contributed by atoms with Crippen molar-refractivity contribution in [3.05, 3.63) is 58.3 Å². The Hall–Kier alpha value is -4.32. The van der Waals surface area contributed by atoms with Gasteiger partial charge in [0.2, 0.25) is 5.95 Å². The van der Waals surface area contributed by atoms with Crippen molar-refractivity contribution >= 4 is 34.0 Å². The lowest BCUT2D eigenvalue weighted by Crippen LogP contribution is -2.29. The molecule has 2 aromatic carbocycles. The van der Waals surface area contributed by atoms with Crippen molar-refractivity contribution in [1.82, 2.24) is 24.4 Å². The van der Waals surface area contributed by atoms with Crippen LogP contribution in [-0.4, -0.2) is 70.2 Å². The summed E-state index contributed by atoms with van der Waals surface area (Å²) in [5.74, 6) is 0.909. The third-order valence-electron chi connectivity index (χ3n) is 6.51. The number of nitro benzene ring substituents is 1. The highest BCUT2D eigenvalue weighted by Crippen LogP contribution is 2.39. The fraction of sp³-hybridized carbons (Fsp3) is 0.393. The van der Waals surface area contributed by atoms with Gasteiger partial charge in [-0.05, 0) is 60.0 Å². The second-order valence-corrected chi connectivity index (χ2v) is 10.1. The first-order valence-corrected chi connectivity index (χ1v) is 13.1. The van der Waals surface area contributed by atoms with Crippen LogP contribution >= 0.6 is 0 Å². The molecular formula is C28H35FN8O3. The summed E-state index contributed by atoms with van der Waals surface area (Å²) < 4.78 is 22.9. The number of imidazole rings is 1. The first-order chi connectivity index (χ1) is 19.0. The average molecular weight is 551 g/mol. The normalized spacial score (nSPS) is 11.4. The molecule has 0 aliphatic rings. The number of likely N-dealkylation sites (N-methyl/N-ethyl adjacent to an activating group) is 2. The molecule has 0 atom stereocenters. The average Bonchev–Trinajstić information content (AvgIpc) is 3.24. The first kappa shape index (κ1) is 28.7. The first-order valence-electron chi connectivity index (χ1n) is 13.1. The molecule has 4 aromatic rings. The number of halogens is 1. The van der Waals surface area contributed by atoms with E-state index < -0.39 is 10.7 Å². The van der Waals surface area contributed by atoms with E-state index in [1.54, 1.807) is 18.3 Å². The zero-order valence-electron chi connectivity index (χ0n) is 23.9. The predicted molar refractivity (Wildman–Crippen MR) is 155 cm³/mol. The molecule has 0 saturated heterocycles. The van der Waals surface area contributed by atoms with Crippen LogP contribution in [0.3, 0.4) is 0 Å². The Morgan fingerprint density at radius 1 is 1.15 bits per heavy atom. The van der Waals surface area contributed by atoms with Gasteiger partial charge in [0.25, 0.3) is 5.69 Å². The summed E-state index contributed by atoms with van der Waals surface area (Å²) in [5.41, 5.74) is 2.76. The lowest BCUT2D eigenvalue weighted by molar-refractivity contribution is -0.384. The third-order valence-corrected chi connectivity index (χ3v) is 6.51. The van der Waals surface area contributed by atoms with E-state index in [0.29, 0.717) is 52.6 Å². The quantitative estimate of drug-likeness (QED) is 0.189. The lowest BCUT2D eigenvalue weighted by Gasteiger charge is -2.23.